The van der Waals surface area contributed by atoms with Crippen molar-refractivity contribution in [3.63, 3.8) is 0 Å². The van der Waals surface area contributed by atoms with Gasteiger partial charge >= 0.3 is 0 Å². The fourth-order valence-corrected chi connectivity index (χ4v) is 4.53. The van der Waals surface area contributed by atoms with Gasteiger partial charge in [0.15, 0.2) is 0 Å². The van der Waals surface area contributed by atoms with Crippen LogP contribution in [0.3, 0.4) is 0 Å². The van der Waals surface area contributed by atoms with E-state index in [1.165, 1.54) is 24.1 Å². The fraction of sp³-hybridized carbons (Fsp3) is 0.350. The van der Waals surface area contributed by atoms with Gasteiger partial charge in [0, 0.05) is 36.6 Å². The van der Waals surface area contributed by atoms with Crippen LogP contribution in [0.1, 0.15) is 23.5 Å². The second kappa shape index (κ2) is 7.38. The number of fused-ring (bicyclic) bond motifs is 1. The summed E-state index contributed by atoms with van der Waals surface area (Å²) in [5, 5.41) is 26.2. The number of ether oxygens (including phenoxy) is 1. The van der Waals surface area contributed by atoms with Gasteiger partial charge in [-0.2, -0.15) is 0 Å². The second-order valence-corrected chi connectivity index (χ2v) is 7.39. The normalized spacial score (nSPS) is 25.6. The molecular formula is C20H20N4O6. The minimum Gasteiger partial charge on any atom is -0.497 e. The van der Waals surface area contributed by atoms with Gasteiger partial charge in [0.1, 0.15) is 11.4 Å². The molecule has 2 aliphatic rings. The van der Waals surface area contributed by atoms with E-state index < -0.39 is 33.4 Å². The Hall–Kier alpha value is -3.53. The van der Waals surface area contributed by atoms with E-state index in [1.807, 2.05) is 0 Å². The monoisotopic (exact) mass is 412 g/mol. The predicted molar refractivity (Wildman–Crippen MR) is 106 cm³/mol. The Morgan fingerprint density at radius 2 is 1.77 bits per heavy atom. The van der Waals surface area contributed by atoms with E-state index in [0.717, 1.165) is 0 Å². The molecule has 3 unspecified atom stereocenters. The molecule has 0 bridgehead atoms. The van der Waals surface area contributed by atoms with Crippen LogP contribution in [0.15, 0.2) is 48.5 Å². The molecule has 3 atom stereocenters. The van der Waals surface area contributed by atoms with E-state index >= 15 is 0 Å². The van der Waals surface area contributed by atoms with Crippen molar-refractivity contribution in [2.24, 2.45) is 0 Å². The zero-order valence-electron chi connectivity index (χ0n) is 16.2. The van der Waals surface area contributed by atoms with Crippen LogP contribution in [0.25, 0.3) is 0 Å². The van der Waals surface area contributed by atoms with Crippen molar-refractivity contribution in [1.29, 1.82) is 0 Å². The predicted octanol–water partition coefficient (Wildman–Crippen LogP) is 2.02. The fourth-order valence-electron chi connectivity index (χ4n) is 4.53. The number of nitrogens with one attached hydrogen (secondary N) is 1. The summed E-state index contributed by atoms with van der Waals surface area (Å²) in [6.07, 6.45) is 0.272. The van der Waals surface area contributed by atoms with Crippen molar-refractivity contribution >= 4 is 11.6 Å². The maximum Gasteiger partial charge on any atom is 0.299 e. The van der Waals surface area contributed by atoms with Crippen LogP contribution in [0.4, 0.5) is 5.69 Å². The Kier molecular flexibility index (Phi) is 4.86. The van der Waals surface area contributed by atoms with Crippen molar-refractivity contribution in [3.8, 4) is 5.75 Å². The number of carbonyl (C=O) groups is 1. The molecule has 0 aromatic heterocycles. The zero-order valence-corrected chi connectivity index (χ0v) is 16.2. The summed E-state index contributed by atoms with van der Waals surface area (Å²) < 4.78 is 5.16. The third-order valence-corrected chi connectivity index (χ3v) is 5.96. The summed E-state index contributed by atoms with van der Waals surface area (Å²) in [6, 6.07) is 11.5. The molecule has 2 fully saturated rings. The van der Waals surface area contributed by atoms with E-state index in [2.05, 4.69) is 5.32 Å². The number of hydrogen-bond donors (Lipinski definition) is 1. The number of non-ortho nitro benzene ring substituents is 1. The maximum absolute atomic E-state index is 13.2. The summed E-state index contributed by atoms with van der Waals surface area (Å²) >= 11 is 0. The van der Waals surface area contributed by atoms with Gasteiger partial charge in [-0.05, 0) is 35.4 Å². The van der Waals surface area contributed by atoms with E-state index in [0.29, 0.717) is 30.0 Å². The van der Waals surface area contributed by atoms with Gasteiger partial charge in [0.2, 0.25) is 0 Å². The molecule has 1 N–H and O–H groups in total. The quantitative estimate of drug-likeness (QED) is 0.588. The van der Waals surface area contributed by atoms with Crippen LogP contribution in [-0.4, -0.2) is 46.9 Å². The van der Waals surface area contributed by atoms with Crippen molar-refractivity contribution in [3.05, 3.63) is 79.9 Å². The molecule has 2 aromatic carbocycles. The number of benzene rings is 2. The Morgan fingerprint density at radius 1 is 1.10 bits per heavy atom. The number of nitrogens with zero attached hydrogens (tertiary/aromatic N) is 3. The summed E-state index contributed by atoms with van der Waals surface area (Å²) in [6.45, 7) is 0.804. The van der Waals surface area contributed by atoms with Crippen LogP contribution in [0.5, 0.6) is 5.75 Å². The maximum atomic E-state index is 13.2. The molecule has 156 valence electrons. The molecular weight excluding hydrogens is 392 g/mol. The van der Waals surface area contributed by atoms with Gasteiger partial charge in [-0.25, -0.2) is 0 Å². The average molecular weight is 412 g/mol. The highest BCUT2D eigenvalue weighted by atomic mass is 16.6. The highest BCUT2D eigenvalue weighted by Gasteiger charge is 2.58. The third-order valence-electron chi connectivity index (χ3n) is 5.96. The molecule has 2 aromatic rings. The van der Waals surface area contributed by atoms with Gasteiger partial charge in [-0.3, -0.25) is 30.3 Å². The Balaban J connectivity index is 1.79. The van der Waals surface area contributed by atoms with Crippen LogP contribution in [0.2, 0.25) is 0 Å². The first-order valence-corrected chi connectivity index (χ1v) is 9.46. The topological polar surface area (TPSA) is 128 Å². The van der Waals surface area contributed by atoms with Gasteiger partial charge < -0.3 is 9.64 Å². The van der Waals surface area contributed by atoms with Gasteiger partial charge in [0.25, 0.3) is 17.6 Å². The highest BCUT2D eigenvalue weighted by Crippen LogP contribution is 2.46. The molecule has 1 amide bonds. The highest BCUT2D eigenvalue weighted by molar-refractivity contribution is 5.84. The standard InChI is InChI=1S/C20H20N4O6/c1-30-16-8-2-13(3-9-16)17-12-20(14-4-6-15(7-5-14)23(26)27)21-10-11-22(20)19(25)18(17)24(28)29/h2-9,17-18,21H,10-12H2,1H3. The van der Waals surface area contributed by atoms with Crippen molar-refractivity contribution in [2.75, 3.05) is 20.2 Å². The number of piperidine rings is 1. The lowest BCUT2D eigenvalue weighted by Crippen LogP contribution is -2.62. The van der Waals surface area contributed by atoms with Crippen molar-refractivity contribution in [2.45, 2.75) is 24.0 Å². The third kappa shape index (κ3) is 3.05. The zero-order chi connectivity index (χ0) is 21.5. The lowest BCUT2D eigenvalue weighted by Gasteiger charge is -2.46. The molecule has 0 radical (unpaired) electrons. The molecule has 4 rings (SSSR count). The minimum atomic E-state index is -1.40. The van der Waals surface area contributed by atoms with Crippen LogP contribution in [-0.2, 0) is 10.5 Å². The Morgan fingerprint density at radius 3 is 2.33 bits per heavy atom. The van der Waals surface area contributed by atoms with Crippen molar-refractivity contribution in [1.82, 2.24) is 10.2 Å². The van der Waals surface area contributed by atoms with E-state index in [4.69, 9.17) is 4.74 Å². The van der Waals surface area contributed by atoms with Crippen molar-refractivity contribution < 1.29 is 19.4 Å². The average Bonchev–Trinajstić information content (AvgIpc) is 3.19. The van der Waals surface area contributed by atoms with E-state index in [1.54, 1.807) is 36.4 Å². The van der Waals surface area contributed by atoms with Gasteiger partial charge in [-0.1, -0.05) is 12.1 Å². The Bertz CT molecular complexity index is 993. The van der Waals surface area contributed by atoms with Crippen LogP contribution in [0, 0.1) is 20.2 Å². The lowest BCUT2D eigenvalue weighted by molar-refractivity contribution is -0.516. The second-order valence-electron chi connectivity index (χ2n) is 7.39. The van der Waals surface area contributed by atoms with Crippen LogP contribution < -0.4 is 10.1 Å². The first kappa shape index (κ1) is 19.8. The molecule has 2 saturated heterocycles. The summed E-state index contributed by atoms with van der Waals surface area (Å²) in [5.74, 6) is -0.616. The number of nitro benzene ring substituents is 1. The molecule has 2 aliphatic heterocycles. The number of amides is 1. The smallest absolute Gasteiger partial charge is 0.299 e. The first-order chi connectivity index (χ1) is 14.4. The number of hydrogen-bond acceptors (Lipinski definition) is 7. The van der Waals surface area contributed by atoms with E-state index in [-0.39, 0.29) is 12.1 Å². The molecule has 0 spiro atoms. The minimum absolute atomic E-state index is 0.0586. The summed E-state index contributed by atoms with van der Waals surface area (Å²) in [4.78, 5) is 36.6. The van der Waals surface area contributed by atoms with Gasteiger partial charge in [0.05, 0.1) is 18.0 Å². The number of nitro groups is 2. The SMILES string of the molecule is COc1ccc(C2CC3(c4ccc([N+](=O)[O-])cc4)NCCN3C(=O)C2[N+](=O)[O-])cc1. The van der Waals surface area contributed by atoms with E-state index in [9.17, 15) is 25.0 Å². The largest absolute Gasteiger partial charge is 0.497 e. The summed E-state index contributed by atoms with van der Waals surface area (Å²) in [7, 11) is 1.53. The Labute approximate surface area is 171 Å². The molecule has 30 heavy (non-hydrogen) atoms. The summed E-state index contributed by atoms with van der Waals surface area (Å²) in [5.41, 5.74) is 0.319. The lowest BCUT2D eigenvalue weighted by atomic mass is 9.76. The number of methoxy groups -OCH3 is 1. The molecule has 2 heterocycles. The number of rotatable bonds is 5. The first-order valence-electron chi connectivity index (χ1n) is 9.46. The van der Waals surface area contributed by atoms with Gasteiger partial charge in [-0.15, -0.1) is 0 Å². The van der Waals surface area contributed by atoms with Crippen LogP contribution >= 0.6 is 0 Å². The molecule has 10 nitrogen and oxygen atoms in total. The number of carbonyl (C=O) groups excluding carboxylic acids is 1. The molecule has 0 saturated carbocycles. The molecule has 10 heteroatoms. The molecule has 0 aliphatic carbocycles.